The fourth-order valence-electron chi connectivity index (χ4n) is 3.93. The van der Waals surface area contributed by atoms with E-state index in [0.29, 0.717) is 19.8 Å². The van der Waals surface area contributed by atoms with Gasteiger partial charge in [-0.1, -0.05) is 24.3 Å². The second kappa shape index (κ2) is 9.90. The average molecular weight is 404 g/mol. The first kappa shape index (κ1) is 23.2. The van der Waals surface area contributed by atoms with E-state index in [-0.39, 0.29) is 42.2 Å². The zero-order valence-electron chi connectivity index (χ0n) is 15.6. The fourth-order valence-corrected chi connectivity index (χ4v) is 3.93. The molecule has 1 aromatic rings. The molecule has 1 amide bonds. The van der Waals surface area contributed by atoms with Gasteiger partial charge in [0, 0.05) is 25.3 Å². The predicted molar refractivity (Wildman–Crippen MR) is 109 cm³/mol. The maximum Gasteiger partial charge on any atom is 0.237 e. The molecular formula is C19H31Cl2N3O2. The van der Waals surface area contributed by atoms with Crippen LogP contribution in [0.3, 0.4) is 0 Å². The number of nitrogens with zero attached hydrogens (tertiary/aromatic N) is 1. The predicted octanol–water partition coefficient (Wildman–Crippen LogP) is 1.80. The van der Waals surface area contributed by atoms with Gasteiger partial charge in [0.2, 0.25) is 5.91 Å². The van der Waals surface area contributed by atoms with Crippen LogP contribution in [0.5, 0.6) is 0 Å². The lowest BCUT2D eigenvalue weighted by atomic mass is 9.90. The first-order valence-corrected chi connectivity index (χ1v) is 8.87. The fraction of sp³-hybridized carbons (Fsp3) is 0.632. The van der Waals surface area contributed by atoms with Crippen LogP contribution in [0.4, 0.5) is 0 Å². The van der Waals surface area contributed by atoms with Crippen LogP contribution in [0.1, 0.15) is 24.0 Å². The molecule has 26 heavy (non-hydrogen) atoms. The van der Waals surface area contributed by atoms with Crippen molar-refractivity contribution in [3.8, 4) is 0 Å². The molecule has 0 bridgehead atoms. The van der Waals surface area contributed by atoms with Gasteiger partial charge in [0.25, 0.3) is 0 Å². The standard InChI is InChI=1S/C19H29N3O2.2ClH/c1-22(2)19(11-15-5-3-4-6-16(15)12-19)13-21-18(23)17(20)14-7-9-24-10-8-14;;/h3-6,14,17H,7-13,20H2,1-2H3,(H,21,23);2*1H. The van der Waals surface area contributed by atoms with Crippen LogP contribution in [0.25, 0.3) is 0 Å². The second-order valence-corrected chi connectivity index (χ2v) is 7.43. The number of carbonyl (C=O) groups excluding carboxylic acids is 1. The number of nitrogens with two attached hydrogens (primary N) is 1. The van der Waals surface area contributed by atoms with E-state index in [1.807, 2.05) is 0 Å². The molecule has 1 aromatic carbocycles. The first-order valence-electron chi connectivity index (χ1n) is 8.87. The normalized spacial score (nSPS) is 19.8. The van der Waals surface area contributed by atoms with Crippen molar-refractivity contribution >= 4 is 30.7 Å². The van der Waals surface area contributed by atoms with Crippen LogP contribution in [0.2, 0.25) is 0 Å². The Morgan fingerprint density at radius 2 is 1.77 bits per heavy atom. The van der Waals surface area contributed by atoms with E-state index in [9.17, 15) is 4.79 Å². The van der Waals surface area contributed by atoms with Crippen LogP contribution in [0, 0.1) is 5.92 Å². The molecule has 0 saturated carbocycles. The molecule has 5 nitrogen and oxygen atoms in total. The molecule has 0 radical (unpaired) electrons. The Morgan fingerprint density at radius 3 is 2.27 bits per heavy atom. The zero-order valence-corrected chi connectivity index (χ0v) is 17.2. The van der Waals surface area contributed by atoms with Crippen LogP contribution in [0.15, 0.2) is 24.3 Å². The minimum atomic E-state index is -0.433. The van der Waals surface area contributed by atoms with Gasteiger partial charge in [-0.25, -0.2) is 0 Å². The van der Waals surface area contributed by atoms with Crippen LogP contribution < -0.4 is 11.1 Å². The van der Waals surface area contributed by atoms with E-state index in [0.717, 1.165) is 25.7 Å². The third-order valence-corrected chi connectivity index (χ3v) is 5.77. The first-order chi connectivity index (χ1) is 11.5. The highest BCUT2D eigenvalue weighted by molar-refractivity contribution is 5.85. The van der Waals surface area contributed by atoms with Crippen LogP contribution in [-0.4, -0.2) is 56.2 Å². The van der Waals surface area contributed by atoms with Crippen molar-refractivity contribution in [3.05, 3.63) is 35.4 Å². The summed E-state index contributed by atoms with van der Waals surface area (Å²) in [7, 11) is 4.19. The summed E-state index contributed by atoms with van der Waals surface area (Å²) < 4.78 is 5.36. The molecule has 2 aliphatic rings. The summed E-state index contributed by atoms with van der Waals surface area (Å²) in [5.41, 5.74) is 8.91. The molecule has 1 atom stereocenters. The largest absolute Gasteiger partial charge is 0.381 e. The van der Waals surface area contributed by atoms with Gasteiger partial charge < -0.3 is 20.7 Å². The molecule has 0 aromatic heterocycles. The summed E-state index contributed by atoms with van der Waals surface area (Å²) in [5.74, 6) is 0.203. The van der Waals surface area contributed by atoms with Gasteiger partial charge in [-0.05, 0) is 56.8 Å². The molecule has 1 saturated heterocycles. The molecule has 0 spiro atoms. The number of hydrogen-bond acceptors (Lipinski definition) is 4. The summed E-state index contributed by atoms with van der Waals surface area (Å²) in [6.07, 6.45) is 3.67. The molecule has 1 aliphatic carbocycles. The number of benzene rings is 1. The van der Waals surface area contributed by atoms with Crippen molar-refractivity contribution in [3.63, 3.8) is 0 Å². The summed E-state index contributed by atoms with van der Waals surface area (Å²) >= 11 is 0. The van der Waals surface area contributed by atoms with Crippen molar-refractivity contribution in [1.29, 1.82) is 0 Å². The van der Waals surface area contributed by atoms with E-state index in [1.54, 1.807) is 0 Å². The Kier molecular flexibility index (Phi) is 8.83. The summed E-state index contributed by atoms with van der Waals surface area (Å²) in [6, 6.07) is 8.12. The van der Waals surface area contributed by atoms with Gasteiger partial charge in [0.1, 0.15) is 0 Å². The van der Waals surface area contributed by atoms with Crippen molar-refractivity contribution in [2.45, 2.75) is 37.3 Å². The summed E-state index contributed by atoms with van der Waals surface area (Å²) in [5, 5.41) is 3.13. The number of amides is 1. The average Bonchev–Trinajstić information content (AvgIpc) is 3.00. The molecule has 3 rings (SSSR count). The molecule has 1 fully saturated rings. The van der Waals surface area contributed by atoms with Crippen LogP contribution in [-0.2, 0) is 22.4 Å². The third-order valence-electron chi connectivity index (χ3n) is 5.77. The number of halogens is 2. The van der Waals surface area contributed by atoms with Crippen molar-refractivity contribution in [1.82, 2.24) is 10.2 Å². The number of likely N-dealkylation sites (N-methyl/N-ethyl adjacent to an activating group) is 1. The molecule has 3 N–H and O–H groups in total. The van der Waals surface area contributed by atoms with Gasteiger partial charge in [-0.3, -0.25) is 4.79 Å². The maximum absolute atomic E-state index is 12.5. The number of fused-ring (bicyclic) bond motifs is 1. The lowest BCUT2D eigenvalue weighted by Gasteiger charge is -2.37. The van der Waals surface area contributed by atoms with Crippen molar-refractivity contribution < 1.29 is 9.53 Å². The molecule has 1 heterocycles. The van der Waals surface area contributed by atoms with Crippen molar-refractivity contribution in [2.75, 3.05) is 33.9 Å². The second-order valence-electron chi connectivity index (χ2n) is 7.43. The SMILES string of the molecule is CN(C)C1(CNC(=O)C(N)C2CCOCC2)Cc2ccccc2C1.Cl.Cl. The number of ether oxygens (including phenoxy) is 1. The molecule has 148 valence electrons. The lowest BCUT2D eigenvalue weighted by molar-refractivity contribution is -0.124. The lowest BCUT2D eigenvalue weighted by Crippen LogP contribution is -2.56. The van der Waals surface area contributed by atoms with Gasteiger partial charge in [-0.15, -0.1) is 24.8 Å². The van der Waals surface area contributed by atoms with Gasteiger partial charge in [0.15, 0.2) is 0 Å². The van der Waals surface area contributed by atoms with Crippen LogP contribution >= 0.6 is 24.8 Å². The Morgan fingerprint density at radius 1 is 1.23 bits per heavy atom. The molecule has 1 unspecified atom stereocenters. The molecule has 7 heteroatoms. The Hall–Kier alpha value is -0.850. The topological polar surface area (TPSA) is 67.6 Å². The van der Waals surface area contributed by atoms with E-state index in [1.165, 1.54) is 11.1 Å². The van der Waals surface area contributed by atoms with E-state index in [4.69, 9.17) is 10.5 Å². The quantitative estimate of drug-likeness (QED) is 0.786. The highest BCUT2D eigenvalue weighted by Crippen LogP contribution is 2.33. The van der Waals surface area contributed by atoms with E-state index in [2.05, 4.69) is 48.6 Å². The summed E-state index contributed by atoms with van der Waals surface area (Å²) in [6.45, 7) is 2.05. The van der Waals surface area contributed by atoms with Gasteiger partial charge >= 0.3 is 0 Å². The highest BCUT2D eigenvalue weighted by Gasteiger charge is 2.40. The van der Waals surface area contributed by atoms with Gasteiger partial charge in [-0.2, -0.15) is 0 Å². The number of nitrogens with one attached hydrogen (secondary N) is 1. The Labute approximate surface area is 168 Å². The zero-order chi connectivity index (χ0) is 17.2. The minimum absolute atomic E-state index is 0. The molecule has 1 aliphatic heterocycles. The number of rotatable bonds is 5. The third kappa shape index (κ3) is 4.90. The Bertz CT molecular complexity index is 567. The van der Waals surface area contributed by atoms with Crippen molar-refractivity contribution in [2.24, 2.45) is 11.7 Å². The minimum Gasteiger partial charge on any atom is -0.381 e. The van der Waals surface area contributed by atoms with Gasteiger partial charge in [0.05, 0.1) is 6.04 Å². The van der Waals surface area contributed by atoms with E-state index < -0.39 is 6.04 Å². The highest BCUT2D eigenvalue weighted by atomic mass is 35.5. The maximum atomic E-state index is 12.5. The summed E-state index contributed by atoms with van der Waals surface area (Å²) in [4.78, 5) is 14.8. The monoisotopic (exact) mass is 403 g/mol. The Balaban J connectivity index is 0.00000169. The number of carbonyl (C=O) groups is 1. The van der Waals surface area contributed by atoms with E-state index >= 15 is 0 Å². The number of hydrogen-bond donors (Lipinski definition) is 2. The molecular weight excluding hydrogens is 373 g/mol. The smallest absolute Gasteiger partial charge is 0.237 e.